The lowest BCUT2D eigenvalue weighted by molar-refractivity contribution is -0.163. The first kappa shape index (κ1) is 19.5. The third kappa shape index (κ3) is 2.71. The van der Waals surface area contributed by atoms with Crippen LogP contribution in [0.25, 0.3) is 0 Å². The number of amides is 1. The summed E-state index contributed by atoms with van der Waals surface area (Å²) in [6.45, 7) is 3.93. The molecule has 0 radical (unpaired) electrons. The van der Waals surface area contributed by atoms with Crippen molar-refractivity contribution in [1.29, 1.82) is 0 Å². The molecule has 3 aliphatic heterocycles. The number of carbonyl (C=O) groups excluding carboxylic acids is 1. The molecule has 4 heterocycles. The molecule has 0 bridgehead atoms. The second-order valence-electron chi connectivity index (χ2n) is 7.35. The standard InChI is InChI=1S/C17H21N3O6S2/c1-9-13-12(10(2)21)16(22)20(13)14(17(23)24)15(9)27-11-7-19(8-11)28(25,26)18-5-3-4-6-18/h3-6,9-13,21H,7-8H2,1-2H3,(H,23,24)/t9-,10-,12-,13-/m1/s1. The molecule has 28 heavy (non-hydrogen) atoms. The summed E-state index contributed by atoms with van der Waals surface area (Å²) in [6.07, 6.45) is 2.08. The van der Waals surface area contributed by atoms with E-state index in [1.807, 2.05) is 6.92 Å². The predicted octanol–water partition coefficient (Wildman–Crippen LogP) is 0.152. The Kier molecular flexibility index (Phi) is 4.60. The van der Waals surface area contributed by atoms with Gasteiger partial charge in [0.2, 0.25) is 5.91 Å². The molecule has 4 rings (SSSR count). The molecule has 2 saturated heterocycles. The van der Waals surface area contributed by atoms with Crippen molar-refractivity contribution in [1.82, 2.24) is 13.2 Å². The minimum Gasteiger partial charge on any atom is -0.477 e. The molecule has 0 spiro atoms. The Hall–Kier alpha value is -1.82. The number of carboxylic acid groups (broad SMARTS) is 1. The summed E-state index contributed by atoms with van der Waals surface area (Å²) in [5.41, 5.74) is -0.0314. The van der Waals surface area contributed by atoms with Gasteiger partial charge >= 0.3 is 16.2 Å². The number of nitrogens with zero attached hydrogens (tertiary/aromatic N) is 3. The lowest BCUT2D eigenvalue weighted by atomic mass is 9.79. The van der Waals surface area contributed by atoms with Gasteiger partial charge < -0.3 is 15.1 Å². The number of thioether (sulfide) groups is 1. The van der Waals surface area contributed by atoms with Crippen LogP contribution in [-0.4, -0.2) is 74.2 Å². The van der Waals surface area contributed by atoms with Crippen LogP contribution in [0.1, 0.15) is 13.8 Å². The first-order valence-corrected chi connectivity index (χ1v) is 11.2. The molecule has 0 unspecified atom stereocenters. The number of carbonyl (C=O) groups is 2. The Bertz CT molecular complexity index is 950. The van der Waals surface area contributed by atoms with Gasteiger partial charge in [0, 0.05) is 41.6 Å². The number of fused-ring (bicyclic) bond motifs is 1. The number of rotatable bonds is 6. The zero-order chi connectivity index (χ0) is 20.4. The van der Waals surface area contributed by atoms with Gasteiger partial charge in [-0.2, -0.15) is 12.7 Å². The van der Waals surface area contributed by atoms with Crippen LogP contribution in [0.15, 0.2) is 35.1 Å². The van der Waals surface area contributed by atoms with Crippen molar-refractivity contribution in [2.45, 2.75) is 31.2 Å². The number of aromatic nitrogens is 1. The molecule has 2 N–H and O–H groups in total. The van der Waals surface area contributed by atoms with Crippen LogP contribution in [0, 0.1) is 11.8 Å². The molecule has 3 aliphatic rings. The van der Waals surface area contributed by atoms with Crippen LogP contribution in [0.4, 0.5) is 0 Å². The average Bonchev–Trinajstić information content (AvgIpc) is 3.17. The molecular formula is C17H21N3O6S2. The number of β-lactam (4-membered cyclic amide) rings is 1. The van der Waals surface area contributed by atoms with E-state index in [2.05, 4.69) is 0 Å². The summed E-state index contributed by atoms with van der Waals surface area (Å²) in [7, 11) is -3.60. The Morgan fingerprint density at radius 1 is 1.29 bits per heavy atom. The molecule has 0 aromatic carbocycles. The van der Waals surface area contributed by atoms with Crippen molar-refractivity contribution < 1.29 is 28.2 Å². The van der Waals surface area contributed by atoms with Gasteiger partial charge in [0.05, 0.1) is 18.1 Å². The summed E-state index contributed by atoms with van der Waals surface area (Å²) in [5, 5.41) is 19.4. The van der Waals surface area contributed by atoms with E-state index in [9.17, 15) is 28.2 Å². The number of aliphatic carboxylic acids is 1. The van der Waals surface area contributed by atoms with Crippen LogP contribution >= 0.6 is 11.8 Å². The second kappa shape index (κ2) is 6.61. The highest BCUT2D eigenvalue weighted by atomic mass is 32.2. The third-order valence-corrected chi connectivity index (χ3v) is 8.77. The fraction of sp³-hybridized carbons (Fsp3) is 0.529. The van der Waals surface area contributed by atoms with Gasteiger partial charge in [0.1, 0.15) is 5.70 Å². The fourth-order valence-electron chi connectivity index (χ4n) is 4.13. The molecule has 1 amide bonds. The van der Waals surface area contributed by atoms with Crippen molar-refractivity contribution in [3.05, 3.63) is 35.1 Å². The number of hydrogen-bond donors (Lipinski definition) is 2. The Morgan fingerprint density at radius 3 is 2.43 bits per heavy atom. The summed E-state index contributed by atoms with van der Waals surface area (Å²) in [4.78, 5) is 26.0. The van der Waals surface area contributed by atoms with Crippen molar-refractivity contribution >= 4 is 33.8 Å². The number of aliphatic hydroxyl groups is 1. The van der Waals surface area contributed by atoms with Gasteiger partial charge in [-0.1, -0.05) is 6.92 Å². The van der Waals surface area contributed by atoms with Gasteiger partial charge in [-0.3, -0.25) is 4.79 Å². The lowest BCUT2D eigenvalue weighted by Gasteiger charge is -2.46. The summed E-state index contributed by atoms with van der Waals surface area (Å²) < 4.78 is 27.4. The topological polar surface area (TPSA) is 120 Å². The monoisotopic (exact) mass is 427 g/mol. The fourth-order valence-corrected chi connectivity index (χ4v) is 7.29. The summed E-state index contributed by atoms with van der Waals surface area (Å²) in [5.74, 6) is -2.37. The minimum absolute atomic E-state index is 0.0314. The molecular weight excluding hydrogens is 406 g/mol. The second-order valence-corrected chi connectivity index (χ2v) is 10.5. The van der Waals surface area contributed by atoms with Crippen LogP contribution in [-0.2, 0) is 19.8 Å². The first-order valence-electron chi connectivity index (χ1n) is 8.93. The molecule has 11 heteroatoms. The van der Waals surface area contributed by atoms with Gasteiger partial charge in [-0.15, -0.1) is 11.8 Å². The normalized spacial score (nSPS) is 29.5. The maximum atomic E-state index is 12.5. The minimum atomic E-state index is -3.60. The molecule has 1 aromatic rings. The van der Waals surface area contributed by atoms with E-state index < -0.39 is 28.2 Å². The van der Waals surface area contributed by atoms with Gasteiger partial charge in [-0.25, -0.2) is 8.77 Å². The van der Waals surface area contributed by atoms with E-state index >= 15 is 0 Å². The third-order valence-electron chi connectivity index (χ3n) is 5.59. The highest BCUT2D eigenvalue weighted by Gasteiger charge is 2.60. The molecule has 0 aliphatic carbocycles. The smallest absolute Gasteiger partial charge is 0.353 e. The molecule has 4 atom stereocenters. The SMILES string of the molecule is C[C@@H](O)[C@H]1C(=O)N2C(C(=O)O)=C(SC3CN(S(=O)(=O)n4cccc4)C3)[C@H](C)[C@H]12. The first-order chi connectivity index (χ1) is 13.1. The van der Waals surface area contributed by atoms with Crippen molar-refractivity contribution in [3.8, 4) is 0 Å². The van der Waals surface area contributed by atoms with Crippen LogP contribution in [0.3, 0.4) is 0 Å². The van der Waals surface area contributed by atoms with E-state index in [0.717, 1.165) is 3.97 Å². The van der Waals surface area contributed by atoms with Crippen molar-refractivity contribution in [2.75, 3.05) is 13.1 Å². The maximum Gasteiger partial charge on any atom is 0.353 e. The Labute approximate surface area is 166 Å². The van der Waals surface area contributed by atoms with Crippen molar-refractivity contribution in [3.63, 3.8) is 0 Å². The number of carboxylic acids is 1. The highest BCUT2D eigenvalue weighted by Crippen LogP contribution is 2.52. The molecule has 2 fully saturated rings. The van der Waals surface area contributed by atoms with Crippen LogP contribution < -0.4 is 0 Å². The van der Waals surface area contributed by atoms with Crippen LogP contribution in [0.5, 0.6) is 0 Å². The zero-order valence-electron chi connectivity index (χ0n) is 15.3. The van der Waals surface area contributed by atoms with Gasteiger partial charge in [-0.05, 0) is 19.1 Å². The van der Waals surface area contributed by atoms with E-state index in [1.165, 1.54) is 40.3 Å². The quantitative estimate of drug-likeness (QED) is 0.620. The number of aliphatic hydroxyl groups excluding tert-OH is 1. The van der Waals surface area contributed by atoms with Crippen LogP contribution in [0.2, 0.25) is 0 Å². The lowest BCUT2D eigenvalue weighted by Crippen LogP contribution is -2.63. The van der Waals surface area contributed by atoms with Gasteiger partial charge in [0.15, 0.2) is 0 Å². The molecule has 9 nitrogen and oxygen atoms in total. The Balaban J connectivity index is 1.50. The van der Waals surface area contributed by atoms with E-state index in [1.54, 1.807) is 12.1 Å². The summed E-state index contributed by atoms with van der Waals surface area (Å²) in [6, 6.07) is 2.90. The summed E-state index contributed by atoms with van der Waals surface area (Å²) >= 11 is 1.33. The molecule has 1 aromatic heterocycles. The molecule has 152 valence electrons. The van der Waals surface area contributed by atoms with Crippen molar-refractivity contribution in [2.24, 2.45) is 11.8 Å². The highest BCUT2D eigenvalue weighted by molar-refractivity contribution is 8.04. The number of hydrogen-bond acceptors (Lipinski definition) is 6. The maximum absolute atomic E-state index is 12.5. The largest absolute Gasteiger partial charge is 0.477 e. The van der Waals surface area contributed by atoms with E-state index in [0.29, 0.717) is 4.91 Å². The average molecular weight is 428 g/mol. The Morgan fingerprint density at radius 2 is 1.89 bits per heavy atom. The molecule has 0 saturated carbocycles. The van der Waals surface area contributed by atoms with E-state index in [-0.39, 0.29) is 41.9 Å². The zero-order valence-corrected chi connectivity index (χ0v) is 16.9. The predicted molar refractivity (Wildman–Crippen MR) is 101 cm³/mol. The van der Waals surface area contributed by atoms with E-state index in [4.69, 9.17) is 0 Å². The van der Waals surface area contributed by atoms with Gasteiger partial charge in [0.25, 0.3) is 0 Å².